The number of aromatic nitrogens is 1. The summed E-state index contributed by atoms with van der Waals surface area (Å²) in [6, 6.07) is 15.3. The van der Waals surface area contributed by atoms with Gasteiger partial charge >= 0.3 is 0 Å². The van der Waals surface area contributed by atoms with Gasteiger partial charge in [-0.3, -0.25) is 4.79 Å². The number of nitrogens with one attached hydrogen (secondary N) is 1. The van der Waals surface area contributed by atoms with Gasteiger partial charge in [0, 0.05) is 21.6 Å². The lowest BCUT2D eigenvalue weighted by Crippen LogP contribution is -2.15. The molecule has 2 aromatic carbocycles. The maximum Gasteiger partial charge on any atom is 0.230 e. The molecule has 0 radical (unpaired) electrons. The van der Waals surface area contributed by atoms with Crippen LogP contribution in [0.25, 0.3) is 10.6 Å². The van der Waals surface area contributed by atoms with Crippen molar-refractivity contribution >= 4 is 46.3 Å². The second-order valence-electron chi connectivity index (χ2n) is 5.44. The van der Waals surface area contributed by atoms with Gasteiger partial charge in [0.2, 0.25) is 5.91 Å². The third kappa shape index (κ3) is 4.75. The predicted octanol–water partition coefficient (Wildman–Crippen LogP) is 5.92. The molecule has 0 saturated heterocycles. The number of thioether (sulfide) groups is 1. The van der Waals surface area contributed by atoms with Crippen LogP contribution < -0.4 is 5.32 Å². The molecule has 6 heteroatoms. The van der Waals surface area contributed by atoms with E-state index < -0.39 is 0 Å². The minimum atomic E-state index is -0.0901. The number of carbonyl (C=O) groups excluding carboxylic acids is 1. The first-order valence-corrected chi connectivity index (χ1v) is 10.2. The average Bonchev–Trinajstić information content (AvgIpc) is 3.09. The van der Waals surface area contributed by atoms with Crippen molar-refractivity contribution < 1.29 is 4.79 Å². The van der Waals surface area contributed by atoms with Gasteiger partial charge in [-0.1, -0.05) is 48.0 Å². The Balaban J connectivity index is 1.68. The van der Waals surface area contributed by atoms with Crippen LogP contribution >= 0.6 is 34.7 Å². The molecule has 1 heterocycles. The van der Waals surface area contributed by atoms with Crippen LogP contribution in [0.1, 0.15) is 5.69 Å². The highest BCUT2D eigenvalue weighted by Crippen LogP contribution is 2.30. The Morgan fingerprint density at radius 1 is 1.23 bits per heavy atom. The molecule has 0 spiro atoms. The summed E-state index contributed by atoms with van der Waals surface area (Å²) in [5.41, 5.74) is 2.43. The Bertz CT molecular complexity index is 923. The molecular formula is C20H17ClN2OS2. The number of thiazole rings is 1. The molecule has 3 nitrogen and oxygen atoms in total. The molecule has 0 aliphatic rings. The molecule has 0 aliphatic carbocycles. The fraction of sp³-hybridized carbons (Fsp3) is 0.100. The fourth-order valence-electron chi connectivity index (χ4n) is 2.35. The number of anilines is 1. The van der Waals surface area contributed by atoms with E-state index in [1.807, 2.05) is 60.0 Å². The Kier molecular flexibility index (Phi) is 6.50. The van der Waals surface area contributed by atoms with Gasteiger partial charge in [0.15, 0.2) is 0 Å². The zero-order valence-corrected chi connectivity index (χ0v) is 16.3. The van der Waals surface area contributed by atoms with E-state index in [0.717, 1.165) is 32.6 Å². The number of benzene rings is 2. The molecule has 3 rings (SSSR count). The summed E-state index contributed by atoms with van der Waals surface area (Å²) in [4.78, 5) is 18.0. The zero-order valence-electron chi connectivity index (χ0n) is 13.9. The zero-order chi connectivity index (χ0) is 18.4. The predicted molar refractivity (Wildman–Crippen MR) is 112 cm³/mol. The highest BCUT2D eigenvalue weighted by atomic mass is 35.5. The van der Waals surface area contributed by atoms with Crippen molar-refractivity contribution in [3.8, 4) is 10.6 Å². The van der Waals surface area contributed by atoms with E-state index in [4.69, 9.17) is 11.6 Å². The number of nitrogens with zero attached hydrogens (tertiary/aromatic N) is 1. The fourth-order valence-corrected chi connectivity index (χ4v) is 4.24. The van der Waals surface area contributed by atoms with Gasteiger partial charge in [-0.2, -0.15) is 0 Å². The summed E-state index contributed by atoms with van der Waals surface area (Å²) in [6.07, 6.45) is 2.07. The third-order valence-electron chi connectivity index (χ3n) is 3.52. The number of hydrogen-bond acceptors (Lipinski definition) is 4. The largest absolute Gasteiger partial charge is 0.325 e. The normalized spacial score (nSPS) is 10.5. The molecule has 0 atom stereocenters. The van der Waals surface area contributed by atoms with Gasteiger partial charge in [0.1, 0.15) is 5.01 Å². The van der Waals surface area contributed by atoms with Crippen molar-refractivity contribution in [3.05, 3.63) is 77.3 Å². The Labute approximate surface area is 166 Å². The summed E-state index contributed by atoms with van der Waals surface area (Å²) >= 11 is 9.34. The van der Waals surface area contributed by atoms with Crippen LogP contribution in [0.4, 0.5) is 5.69 Å². The van der Waals surface area contributed by atoms with Crippen molar-refractivity contribution in [2.75, 3.05) is 11.1 Å². The Morgan fingerprint density at radius 2 is 2.00 bits per heavy atom. The highest BCUT2D eigenvalue weighted by molar-refractivity contribution is 7.99. The van der Waals surface area contributed by atoms with E-state index in [2.05, 4.69) is 16.9 Å². The van der Waals surface area contributed by atoms with E-state index in [1.165, 1.54) is 11.3 Å². The summed E-state index contributed by atoms with van der Waals surface area (Å²) < 4.78 is 0. The maximum atomic E-state index is 12.4. The average molecular weight is 401 g/mol. The van der Waals surface area contributed by atoms with Crippen LogP contribution in [0.2, 0.25) is 5.02 Å². The highest BCUT2D eigenvalue weighted by Gasteiger charge is 2.12. The lowest BCUT2D eigenvalue weighted by atomic mass is 10.2. The molecule has 0 bridgehead atoms. The van der Waals surface area contributed by atoms with Crippen molar-refractivity contribution in [2.45, 2.75) is 11.3 Å². The standard InChI is InChI=1S/C20H17ClN2OS2/c1-2-11-25-18-10-6-5-9-17(18)23-19(24)12-14-13-26-20(22-14)15-7-3-4-8-16(15)21/h2-10,13H,1,11-12H2,(H,23,24). The third-order valence-corrected chi connectivity index (χ3v) is 5.84. The summed E-state index contributed by atoms with van der Waals surface area (Å²) in [5.74, 6) is 0.702. The van der Waals surface area contributed by atoms with Crippen molar-refractivity contribution in [1.29, 1.82) is 0 Å². The van der Waals surface area contributed by atoms with E-state index >= 15 is 0 Å². The number of amides is 1. The number of halogens is 1. The van der Waals surface area contributed by atoms with Crippen molar-refractivity contribution in [2.24, 2.45) is 0 Å². The number of hydrogen-bond donors (Lipinski definition) is 1. The molecule has 1 aromatic heterocycles. The lowest BCUT2D eigenvalue weighted by molar-refractivity contribution is -0.115. The molecule has 0 fully saturated rings. The minimum absolute atomic E-state index is 0.0901. The lowest BCUT2D eigenvalue weighted by Gasteiger charge is -2.09. The van der Waals surface area contributed by atoms with Crippen LogP contribution in [0, 0.1) is 0 Å². The SMILES string of the molecule is C=CCSc1ccccc1NC(=O)Cc1csc(-c2ccccc2Cl)n1. The number of rotatable bonds is 7. The van der Waals surface area contributed by atoms with E-state index in [-0.39, 0.29) is 12.3 Å². The molecule has 1 N–H and O–H groups in total. The molecule has 132 valence electrons. The molecule has 0 aliphatic heterocycles. The second-order valence-corrected chi connectivity index (χ2v) is 7.77. The molecule has 3 aromatic rings. The van der Waals surface area contributed by atoms with E-state index in [9.17, 15) is 4.79 Å². The Hall–Kier alpha value is -2.08. The monoisotopic (exact) mass is 400 g/mol. The molecule has 0 saturated carbocycles. The topological polar surface area (TPSA) is 42.0 Å². The molecule has 26 heavy (non-hydrogen) atoms. The Morgan fingerprint density at radius 3 is 2.81 bits per heavy atom. The number of para-hydroxylation sites is 1. The molecule has 0 unspecified atom stereocenters. The van der Waals surface area contributed by atoms with Crippen LogP contribution in [0.5, 0.6) is 0 Å². The van der Waals surface area contributed by atoms with Gasteiger partial charge in [-0.25, -0.2) is 4.98 Å². The van der Waals surface area contributed by atoms with Crippen LogP contribution in [0.15, 0.2) is 71.5 Å². The van der Waals surface area contributed by atoms with Crippen LogP contribution in [0.3, 0.4) is 0 Å². The first-order chi connectivity index (χ1) is 12.7. The smallest absolute Gasteiger partial charge is 0.230 e. The van der Waals surface area contributed by atoms with Crippen LogP contribution in [-0.4, -0.2) is 16.6 Å². The molecular weight excluding hydrogens is 384 g/mol. The van der Waals surface area contributed by atoms with Crippen molar-refractivity contribution in [3.63, 3.8) is 0 Å². The summed E-state index contributed by atoms with van der Waals surface area (Å²) in [5, 5.41) is 6.35. The second kappa shape index (κ2) is 9.03. The van der Waals surface area contributed by atoms with Gasteiger partial charge in [0.25, 0.3) is 0 Å². The summed E-state index contributed by atoms with van der Waals surface area (Å²) in [6.45, 7) is 3.73. The van der Waals surface area contributed by atoms with Gasteiger partial charge in [-0.05, 0) is 18.2 Å². The van der Waals surface area contributed by atoms with E-state index in [1.54, 1.807) is 11.8 Å². The molecule has 1 amide bonds. The number of carbonyl (C=O) groups is 1. The minimum Gasteiger partial charge on any atom is -0.325 e. The first kappa shape index (κ1) is 18.7. The summed E-state index contributed by atoms with van der Waals surface area (Å²) in [7, 11) is 0. The first-order valence-electron chi connectivity index (χ1n) is 7.99. The van der Waals surface area contributed by atoms with Crippen LogP contribution in [-0.2, 0) is 11.2 Å². The van der Waals surface area contributed by atoms with E-state index in [0.29, 0.717) is 5.02 Å². The van der Waals surface area contributed by atoms with Gasteiger partial charge in [0.05, 0.1) is 22.8 Å². The van der Waals surface area contributed by atoms with Crippen molar-refractivity contribution in [1.82, 2.24) is 4.98 Å². The quantitative estimate of drug-likeness (QED) is 0.395. The maximum absolute atomic E-state index is 12.4. The van der Waals surface area contributed by atoms with Gasteiger partial charge in [-0.15, -0.1) is 29.7 Å². The van der Waals surface area contributed by atoms with Gasteiger partial charge < -0.3 is 5.32 Å².